The molecule has 1 rings (SSSR count). The summed E-state index contributed by atoms with van der Waals surface area (Å²) in [6.07, 6.45) is -0.209. The van der Waals surface area contributed by atoms with Gasteiger partial charge in [-0.3, -0.25) is 9.59 Å². The van der Waals surface area contributed by atoms with Crippen molar-refractivity contribution in [3.8, 4) is 0 Å². The van der Waals surface area contributed by atoms with Crippen LogP contribution in [0.25, 0.3) is 0 Å². The Morgan fingerprint density at radius 1 is 1.00 bits per heavy atom. The van der Waals surface area contributed by atoms with Gasteiger partial charge in [-0.2, -0.15) is 0 Å². The molecule has 0 bridgehead atoms. The molecule has 1 saturated heterocycles. The van der Waals surface area contributed by atoms with Gasteiger partial charge in [-0.05, 0) is 0 Å². The summed E-state index contributed by atoms with van der Waals surface area (Å²) in [6.45, 7) is 0. The van der Waals surface area contributed by atoms with Crippen LogP contribution in [-0.4, -0.2) is 31.5 Å². The molecule has 0 aromatic heterocycles. The highest BCUT2D eigenvalue weighted by Gasteiger charge is 2.27. The number of hydrogen-bond acceptors (Lipinski definition) is 4. The van der Waals surface area contributed by atoms with Gasteiger partial charge in [-0.25, -0.2) is 8.42 Å². The van der Waals surface area contributed by atoms with Gasteiger partial charge in [-0.15, -0.1) is 0 Å². The molecule has 0 N–H and O–H groups in total. The van der Waals surface area contributed by atoms with Gasteiger partial charge in [0.2, 0.25) is 0 Å². The van der Waals surface area contributed by atoms with E-state index in [9.17, 15) is 18.0 Å². The van der Waals surface area contributed by atoms with Gasteiger partial charge in [0.15, 0.2) is 21.4 Å². The smallest absolute Gasteiger partial charge is 0.164 e. The summed E-state index contributed by atoms with van der Waals surface area (Å²) in [5, 5.41) is 0. The molecule has 0 spiro atoms. The number of carbonyl (C=O) groups excluding carboxylic acids is 2. The Kier molecular flexibility index (Phi) is 1.60. The van der Waals surface area contributed by atoms with E-state index in [1.54, 1.807) is 0 Å². The van der Waals surface area contributed by atoms with E-state index in [-0.39, 0.29) is 6.42 Å². The highest BCUT2D eigenvalue weighted by Crippen LogP contribution is 2.03. The number of hydrogen-bond donors (Lipinski definition) is 0. The number of rotatable bonds is 0. The van der Waals surface area contributed by atoms with Crippen molar-refractivity contribution in [2.75, 3.05) is 11.5 Å². The van der Waals surface area contributed by atoms with Crippen LogP contribution in [-0.2, 0) is 19.4 Å². The van der Waals surface area contributed by atoms with Crippen molar-refractivity contribution >= 4 is 21.4 Å². The van der Waals surface area contributed by atoms with Gasteiger partial charge in [0, 0.05) is 0 Å². The second-order valence-corrected chi connectivity index (χ2v) is 4.35. The van der Waals surface area contributed by atoms with Crippen molar-refractivity contribution in [2.24, 2.45) is 0 Å². The highest BCUT2D eigenvalue weighted by atomic mass is 32.2. The van der Waals surface area contributed by atoms with Crippen LogP contribution in [0, 0.1) is 0 Å². The summed E-state index contributed by atoms with van der Waals surface area (Å²) in [5.74, 6) is -1.90. The van der Waals surface area contributed by atoms with E-state index in [0.29, 0.717) is 0 Å². The molecule has 1 fully saturated rings. The average Bonchev–Trinajstić information content (AvgIpc) is 1.54. The minimum absolute atomic E-state index is 0.209. The molecular weight excluding hydrogens is 156 g/mol. The number of sulfone groups is 1. The predicted molar refractivity (Wildman–Crippen MR) is 33.3 cm³/mol. The molecule has 0 amide bonds. The Labute approximate surface area is 58.1 Å². The van der Waals surface area contributed by atoms with Crippen LogP contribution in [0.1, 0.15) is 6.42 Å². The molecule has 56 valence electrons. The van der Waals surface area contributed by atoms with Gasteiger partial charge in [-0.1, -0.05) is 0 Å². The van der Waals surface area contributed by atoms with Crippen LogP contribution in [0.2, 0.25) is 0 Å². The molecule has 0 aromatic carbocycles. The first-order valence-electron chi connectivity index (χ1n) is 2.73. The maximum atomic E-state index is 10.6. The first-order chi connectivity index (χ1) is 4.49. The van der Waals surface area contributed by atoms with Gasteiger partial charge in [0.05, 0.1) is 6.42 Å². The van der Waals surface area contributed by atoms with Crippen LogP contribution in [0.4, 0.5) is 0 Å². The Hall–Kier alpha value is -0.710. The maximum absolute atomic E-state index is 10.6. The minimum Gasteiger partial charge on any atom is -0.298 e. The SMILES string of the molecule is O=C1CC(=O)CS(=O)(=O)C1. The highest BCUT2D eigenvalue weighted by molar-refractivity contribution is 7.93. The Balaban J connectivity index is 2.89. The molecule has 0 aromatic rings. The van der Waals surface area contributed by atoms with Crippen molar-refractivity contribution in [1.29, 1.82) is 0 Å². The second kappa shape index (κ2) is 2.16. The summed E-state index contributed by atoms with van der Waals surface area (Å²) in [4.78, 5) is 21.0. The predicted octanol–water partition coefficient (Wildman–Crippen LogP) is -1.06. The van der Waals surface area contributed by atoms with Gasteiger partial charge < -0.3 is 0 Å². The summed E-state index contributed by atoms with van der Waals surface area (Å²) >= 11 is 0. The summed E-state index contributed by atoms with van der Waals surface area (Å²) in [5.41, 5.74) is 0. The van der Waals surface area contributed by atoms with Crippen molar-refractivity contribution in [3.05, 3.63) is 0 Å². The zero-order chi connectivity index (χ0) is 7.78. The van der Waals surface area contributed by atoms with E-state index in [0.717, 1.165) is 0 Å². The van der Waals surface area contributed by atoms with Crippen molar-refractivity contribution in [3.63, 3.8) is 0 Å². The topological polar surface area (TPSA) is 68.3 Å². The second-order valence-electron chi connectivity index (χ2n) is 2.29. The van der Waals surface area contributed by atoms with Crippen LogP contribution in [0.5, 0.6) is 0 Å². The van der Waals surface area contributed by atoms with Crippen molar-refractivity contribution < 1.29 is 18.0 Å². The summed E-state index contributed by atoms with van der Waals surface area (Å²) in [7, 11) is -3.38. The number of ketones is 2. The van der Waals surface area contributed by atoms with E-state index in [4.69, 9.17) is 0 Å². The number of Topliss-reactive ketones (excluding diaryl/α,β-unsaturated/α-hetero) is 2. The summed E-state index contributed by atoms with van der Waals surface area (Å²) < 4.78 is 21.3. The molecule has 5 heteroatoms. The third-order valence-corrected chi connectivity index (χ3v) is 2.68. The van der Waals surface area contributed by atoms with Crippen molar-refractivity contribution in [2.45, 2.75) is 6.42 Å². The lowest BCUT2D eigenvalue weighted by Crippen LogP contribution is -2.31. The van der Waals surface area contributed by atoms with Crippen LogP contribution < -0.4 is 0 Å². The van der Waals surface area contributed by atoms with Gasteiger partial charge in [0.1, 0.15) is 11.5 Å². The third-order valence-electron chi connectivity index (χ3n) is 1.16. The van der Waals surface area contributed by atoms with E-state index >= 15 is 0 Å². The Morgan fingerprint density at radius 3 is 1.70 bits per heavy atom. The molecular formula is C5H6O4S. The third kappa shape index (κ3) is 1.63. The standard InChI is InChI=1S/C5H6O4S/c6-4-1-5(7)3-10(8,9)2-4/h1-3H2. The zero-order valence-corrected chi connectivity index (χ0v) is 5.98. The first kappa shape index (κ1) is 7.40. The molecule has 1 aliphatic rings. The fourth-order valence-electron chi connectivity index (χ4n) is 0.864. The molecule has 0 atom stereocenters. The van der Waals surface area contributed by atoms with Crippen molar-refractivity contribution in [1.82, 2.24) is 0 Å². The monoisotopic (exact) mass is 162 g/mol. The van der Waals surface area contributed by atoms with Gasteiger partial charge in [0.25, 0.3) is 0 Å². The van der Waals surface area contributed by atoms with Gasteiger partial charge >= 0.3 is 0 Å². The fourth-order valence-corrected chi connectivity index (χ4v) is 2.15. The maximum Gasteiger partial charge on any atom is 0.164 e. The molecule has 0 radical (unpaired) electrons. The molecule has 0 unspecified atom stereocenters. The lowest BCUT2D eigenvalue weighted by atomic mass is 10.2. The van der Waals surface area contributed by atoms with E-state index in [2.05, 4.69) is 0 Å². The van der Waals surface area contributed by atoms with Crippen LogP contribution in [0.15, 0.2) is 0 Å². The summed E-state index contributed by atoms with van der Waals surface area (Å²) in [6, 6.07) is 0. The Bertz CT molecular complexity index is 252. The van der Waals surface area contributed by atoms with E-state index < -0.39 is 32.9 Å². The first-order valence-corrected chi connectivity index (χ1v) is 4.55. The molecule has 0 aliphatic carbocycles. The number of carbonyl (C=O) groups is 2. The fraction of sp³-hybridized carbons (Fsp3) is 0.600. The van der Waals surface area contributed by atoms with Crippen LogP contribution >= 0.6 is 0 Å². The average molecular weight is 162 g/mol. The van der Waals surface area contributed by atoms with E-state index in [1.165, 1.54) is 0 Å². The minimum atomic E-state index is -3.38. The molecule has 0 saturated carbocycles. The normalized spacial score (nSPS) is 24.8. The largest absolute Gasteiger partial charge is 0.298 e. The molecule has 4 nitrogen and oxygen atoms in total. The Morgan fingerprint density at radius 2 is 1.40 bits per heavy atom. The molecule has 1 heterocycles. The molecule has 10 heavy (non-hydrogen) atoms. The van der Waals surface area contributed by atoms with E-state index in [1.807, 2.05) is 0 Å². The van der Waals surface area contributed by atoms with Crippen LogP contribution in [0.3, 0.4) is 0 Å². The lowest BCUT2D eigenvalue weighted by molar-refractivity contribution is -0.124. The zero-order valence-electron chi connectivity index (χ0n) is 5.16. The lowest BCUT2D eigenvalue weighted by Gasteiger charge is -2.07. The molecule has 1 aliphatic heterocycles. The quantitative estimate of drug-likeness (QED) is 0.426.